The monoisotopic (exact) mass is 463 g/mol. The molecule has 0 saturated carbocycles. The zero-order valence-electron chi connectivity index (χ0n) is 17.5. The molecule has 4 rings (SSSR count). The summed E-state index contributed by atoms with van der Waals surface area (Å²) < 4.78 is 50.3. The summed E-state index contributed by atoms with van der Waals surface area (Å²) in [5, 5.41) is 18.3. The lowest BCUT2D eigenvalue weighted by atomic mass is 10.1. The Morgan fingerprint density at radius 3 is 2.52 bits per heavy atom. The summed E-state index contributed by atoms with van der Waals surface area (Å²) in [6.07, 6.45) is -0.817. The minimum atomic E-state index is -1.78. The Bertz CT molecular complexity index is 1280. The number of carbonyl (C=O) groups is 1. The first kappa shape index (κ1) is 22.6. The molecule has 0 bridgehead atoms. The van der Waals surface area contributed by atoms with Gasteiger partial charge in [-0.25, -0.2) is 18.0 Å². The fourth-order valence-electron chi connectivity index (χ4n) is 4.08. The number of ether oxygens (including phenoxy) is 1. The van der Waals surface area contributed by atoms with Gasteiger partial charge in [-0.1, -0.05) is 0 Å². The van der Waals surface area contributed by atoms with Crippen molar-refractivity contribution in [2.45, 2.75) is 6.04 Å². The number of halogens is 3. The zero-order valence-corrected chi connectivity index (χ0v) is 17.5. The van der Waals surface area contributed by atoms with Gasteiger partial charge < -0.3 is 29.3 Å². The van der Waals surface area contributed by atoms with E-state index in [9.17, 15) is 19.1 Å². The lowest BCUT2D eigenvalue weighted by molar-refractivity contribution is 0.144. The predicted octanol–water partition coefficient (Wildman–Crippen LogP) is 2.58. The van der Waals surface area contributed by atoms with E-state index < -0.39 is 51.9 Å². The lowest BCUT2D eigenvalue weighted by Crippen LogP contribution is -2.54. The van der Waals surface area contributed by atoms with Crippen molar-refractivity contribution >= 4 is 22.7 Å². The number of carboxylic acid groups (broad SMARTS) is 1. The van der Waals surface area contributed by atoms with E-state index in [0.29, 0.717) is 13.1 Å². The Labute approximate surface area is 185 Å². The molecule has 3 aromatic rings. The topological polar surface area (TPSA) is 95.2 Å². The second kappa shape index (κ2) is 8.75. The molecule has 1 aliphatic rings. The number of aliphatic hydroxyl groups is 1. The fraction of sp³-hybridized carbons (Fsp3) is 0.273. The van der Waals surface area contributed by atoms with Crippen molar-refractivity contribution in [3.8, 4) is 11.4 Å². The van der Waals surface area contributed by atoms with Crippen LogP contribution >= 0.6 is 0 Å². The molecule has 0 radical (unpaired) electrons. The molecule has 0 aliphatic carbocycles. The van der Waals surface area contributed by atoms with E-state index in [1.807, 2.05) is 11.9 Å². The van der Waals surface area contributed by atoms with Crippen molar-refractivity contribution in [2.24, 2.45) is 0 Å². The molecule has 1 atom stereocenters. The van der Waals surface area contributed by atoms with Crippen LogP contribution in [0.25, 0.3) is 16.6 Å². The summed E-state index contributed by atoms with van der Waals surface area (Å²) in [4.78, 5) is 27.2. The van der Waals surface area contributed by atoms with Crippen molar-refractivity contribution in [3.63, 3.8) is 0 Å². The van der Waals surface area contributed by atoms with Crippen molar-refractivity contribution < 1.29 is 32.9 Å². The predicted molar refractivity (Wildman–Crippen MR) is 114 cm³/mol. The number of hydrogen-bond donors (Lipinski definition) is 2. The van der Waals surface area contributed by atoms with Crippen molar-refractivity contribution in [1.82, 2.24) is 9.47 Å². The molecule has 174 valence electrons. The van der Waals surface area contributed by atoms with E-state index in [1.165, 1.54) is 17.0 Å². The number of nitrogens with zero attached hydrogens (tertiary/aromatic N) is 3. The zero-order chi connectivity index (χ0) is 23.9. The molecular weight excluding hydrogens is 443 g/mol. The Balaban J connectivity index is 2.03. The minimum Gasteiger partial charge on any atom is -0.449 e. The molecule has 0 amide bonds. The highest BCUT2D eigenvalue weighted by atomic mass is 19.1. The molecule has 1 aromatic heterocycles. The normalized spacial score (nSPS) is 16.9. The largest absolute Gasteiger partial charge is 0.511 e. The van der Waals surface area contributed by atoms with Gasteiger partial charge in [0.1, 0.15) is 17.3 Å². The quantitative estimate of drug-likeness (QED) is 0.575. The Morgan fingerprint density at radius 1 is 1.18 bits per heavy atom. The van der Waals surface area contributed by atoms with Crippen LogP contribution in [0.3, 0.4) is 0 Å². The fourth-order valence-corrected chi connectivity index (χ4v) is 4.08. The number of benzene rings is 2. The number of anilines is 1. The highest BCUT2D eigenvalue weighted by molar-refractivity contribution is 5.87. The third kappa shape index (κ3) is 4.12. The number of aliphatic hydroxyl groups excluding tert-OH is 1. The summed E-state index contributed by atoms with van der Waals surface area (Å²) in [5.74, 6) is -3.35. The maximum Gasteiger partial charge on any atom is 0.511 e. The summed E-state index contributed by atoms with van der Waals surface area (Å²) >= 11 is 0. The number of fused-ring (bicyclic) bond motifs is 1. The van der Waals surface area contributed by atoms with Crippen LogP contribution in [0.1, 0.15) is 0 Å². The van der Waals surface area contributed by atoms with E-state index in [2.05, 4.69) is 4.74 Å². The Kier molecular flexibility index (Phi) is 6.00. The highest BCUT2D eigenvalue weighted by Crippen LogP contribution is 2.34. The van der Waals surface area contributed by atoms with Crippen LogP contribution in [-0.2, 0) is 0 Å². The van der Waals surface area contributed by atoms with Crippen LogP contribution in [0.15, 0.2) is 41.3 Å². The van der Waals surface area contributed by atoms with Gasteiger partial charge in [-0.2, -0.15) is 0 Å². The van der Waals surface area contributed by atoms with Crippen LogP contribution in [0, 0.1) is 17.5 Å². The molecule has 1 unspecified atom stereocenters. The van der Waals surface area contributed by atoms with E-state index in [-0.39, 0.29) is 24.4 Å². The molecule has 11 heteroatoms. The van der Waals surface area contributed by atoms with Gasteiger partial charge in [-0.15, -0.1) is 0 Å². The van der Waals surface area contributed by atoms with Crippen molar-refractivity contribution in [1.29, 1.82) is 0 Å². The molecule has 1 aliphatic heterocycles. The maximum atomic E-state index is 16.0. The second-order valence-electron chi connectivity index (χ2n) is 7.75. The average Bonchev–Trinajstić information content (AvgIpc) is 2.77. The smallest absolute Gasteiger partial charge is 0.449 e. The van der Waals surface area contributed by atoms with E-state index in [1.54, 1.807) is 0 Å². The number of rotatable bonds is 4. The van der Waals surface area contributed by atoms with Crippen molar-refractivity contribution in [2.75, 3.05) is 38.2 Å². The Hall–Kier alpha value is -3.57. The number of pyridine rings is 1. The summed E-state index contributed by atoms with van der Waals surface area (Å²) in [5.41, 5.74) is -1.59. The Morgan fingerprint density at radius 2 is 1.88 bits per heavy atom. The van der Waals surface area contributed by atoms with Gasteiger partial charge in [-0.3, -0.25) is 4.79 Å². The number of piperazine rings is 1. The van der Waals surface area contributed by atoms with Gasteiger partial charge in [0.2, 0.25) is 5.43 Å². The summed E-state index contributed by atoms with van der Waals surface area (Å²) in [6.45, 7) is 0.729. The molecule has 8 nitrogen and oxygen atoms in total. The van der Waals surface area contributed by atoms with Crippen LogP contribution in [0.2, 0.25) is 0 Å². The second-order valence-corrected chi connectivity index (χ2v) is 7.75. The summed E-state index contributed by atoms with van der Waals surface area (Å²) in [7, 11) is 1.82. The third-order valence-corrected chi connectivity index (χ3v) is 5.61. The first-order valence-electron chi connectivity index (χ1n) is 10.0. The highest BCUT2D eigenvalue weighted by Gasteiger charge is 2.31. The van der Waals surface area contributed by atoms with Gasteiger partial charge in [-0.05, 0) is 37.4 Å². The molecule has 2 aromatic carbocycles. The third-order valence-electron chi connectivity index (χ3n) is 5.61. The van der Waals surface area contributed by atoms with Crippen LogP contribution in [0.5, 0.6) is 5.75 Å². The van der Waals surface area contributed by atoms with Gasteiger partial charge in [0, 0.05) is 25.3 Å². The number of likely N-dealkylation sites (N-methyl/N-ethyl adjacent to an activating group) is 1. The van der Waals surface area contributed by atoms with Crippen LogP contribution in [-0.4, -0.2) is 65.2 Å². The molecule has 2 heterocycles. The number of aromatic nitrogens is 1. The van der Waals surface area contributed by atoms with E-state index in [4.69, 9.17) is 5.11 Å². The van der Waals surface area contributed by atoms with E-state index >= 15 is 8.78 Å². The molecular formula is C22H20F3N3O5. The van der Waals surface area contributed by atoms with Crippen LogP contribution < -0.4 is 15.1 Å². The van der Waals surface area contributed by atoms with Gasteiger partial charge in [0.05, 0.1) is 29.7 Å². The first-order valence-corrected chi connectivity index (χ1v) is 10.0. The molecule has 1 saturated heterocycles. The average molecular weight is 463 g/mol. The van der Waals surface area contributed by atoms with E-state index in [0.717, 1.165) is 29.0 Å². The lowest BCUT2D eigenvalue weighted by Gasteiger charge is -2.41. The molecule has 33 heavy (non-hydrogen) atoms. The first-order chi connectivity index (χ1) is 15.7. The van der Waals surface area contributed by atoms with Crippen molar-refractivity contribution in [3.05, 3.63) is 64.2 Å². The summed E-state index contributed by atoms with van der Waals surface area (Å²) in [6, 6.07) is 5.00. The van der Waals surface area contributed by atoms with Gasteiger partial charge in [0.15, 0.2) is 11.6 Å². The SMILES string of the molecule is CN1CCN(c2c(F)cc3c(=O)c(OC(=O)O)cn(-c4ccc(F)cc4)c3c2F)C(CO)C1. The molecule has 0 spiro atoms. The molecule has 1 fully saturated rings. The maximum absolute atomic E-state index is 16.0. The molecule has 2 N–H and O–H groups in total. The number of hydrogen-bond acceptors (Lipinski definition) is 6. The minimum absolute atomic E-state index is 0.185. The van der Waals surface area contributed by atoms with Gasteiger partial charge in [0.25, 0.3) is 0 Å². The van der Waals surface area contributed by atoms with Crippen LogP contribution in [0.4, 0.5) is 23.7 Å². The van der Waals surface area contributed by atoms with Gasteiger partial charge >= 0.3 is 6.16 Å². The standard InChI is InChI=1S/C22H20F3N3O5/c1-26-6-7-27(14(9-26)11-29)20-16(24)8-15-19(18(20)25)28(13-4-2-12(23)3-5-13)10-17(21(15)30)33-22(31)32/h2-5,8,10,14,29H,6-7,9,11H2,1H3,(H,31,32).